The molecule has 3 nitrogen and oxygen atoms in total. The molecule has 0 heterocycles. The third-order valence-electron chi connectivity index (χ3n) is 6.27. The first-order chi connectivity index (χ1) is 12.2. The quantitative estimate of drug-likeness (QED) is 0.613. The van der Waals surface area contributed by atoms with Gasteiger partial charge in [-0.3, -0.25) is 14.5 Å². The molecule has 3 aliphatic carbocycles. The molecule has 25 heavy (non-hydrogen) atoms. The van der Waals surface area contributed by atoms with E-state index in [0.717, 1.165) is 5.56 Å². The van der Waals surface area contributed by atoms with Crippen LogP contribution in [0.25, 0.3) is 0 Å². The molecule has 130 valence electrons. The lowest BCUT2D eigenvalue weighted by molar-refractivity contribution is -0.143. The second kappa shape index (κ2) is 6.62. The van der Waals surface area contributed by atoms with Gasteiger partial charge in [0.05, 0.1) is 12.5 Å². The fourth-order valence-electron chi connectivity index (χ4n) is 5.07. The van der Waals surface area contributed by atoms with Crippen LogP contribution in [0.15, 0.2) is 53.6 Å². The zero-order chi connectivity index (χ0) is 17.4. The van der Waals surface area contributed by atoms with Gasteiger partial charge in [0.2, 0.25) is 12.3 Å². The largest absolute Gasteiger partial charge is 0.280 e. The Labute approximate surface area is 149 Å². The van der Waals surface area contributed by atoms with Crippen LogP contribution in [0.1, 0.15) is 38.2 Å². The number of fused-ring (bicyclic) bond motifs is 2. The number of imide groups is 1. The number of carbonyl (C=O) groups excluding carboxylic acids is 2. The van der Waals surface area contributed by atoms with E-state index in [1.54, 1.807) is 5.57 Å². The molecule has 4 atom stereocenters. The number of allylic oxidation sites excluding steroid dienone is 4. The summed E-state index contributed by atoms with van der Waals surface area (Å²) in [5.74, 6) is 0.784. The molecule has 0 unspecified atom stereocenters. The molecule has 3 aliphatic rings. The van der Waals surface area contributed by atoms with Crippen molar-refractivity contribution in [2.24, 2.45) is 23.7 Å². The fraction of sp³-hybridized carbons (Fsp3) is 0.455. The Morgan fingerprint density at radius 3 is 2.48 bits per heavy atom. The van der Waals surface area contributed by atoms with Crippen molar-refractivity contribution in [2.75, 3.05) is 0 Å². The van der Waals surface area contributed by atoms with Crippen molar-refractivity contribution in [1.82, 2.24) is 4.90 Å². The van der Waals surface area contributed by atoms with E-state index in [0.29, 0.717) is 18.9 Å². The van der Waals surface area contributed by atoms with Crippen molar-refractivity contribution in [3.05, 3.63) is 59.2 Å². The zero-order valence-electron chi connectivity index (χ0n) is 14.7. The van der Waals surface area contributed by atoms with Gasteiger partial charge in [-0.2, -0.15) is 0 Å². The van der Waals surface area contributed by atoms with Gasteiger partial charge in [0.25, 0.3) is 0 Å². The van der Waals surface area contributed by atoms with Gasteiger partial charge in [-0.05, 0) is 37.2 Å². The molecule has 2 fully saturated rings. The molecule has 0 aliphatic heterocycles. The van der Waals surface area contributed by atoms with Crippen LogP contribution >= 0.6 is 0 Å². The summed E-state index contributed by atoms with van der Waals surface area (Å²) in [5, 5.41) is 0. The molecule has 1 aromatic carbocycles. The van der Waals surface area contributed by atoms with Crippen LogP contribution in [0.5, 0.6) is 0 Å². The summed E-state index contributed by atoms with van der Waals surface area (Å²) in [5.41, 5.74) is 4.08. The fourth-order valence-corrected chi connectivity index (χ4v) is 5.07. The maximum absolute atomic E-state index is 13.2. The third-order valence-corrected chi connectivity index (χ3v) is 6.27. The molecule has 2 amide bonds. The van der Waals surface area contributed by atoms with E-state index in [2.05, 4.69) is 19.1 Å². The summed E-state index contributed by atoms with van der Waals surface area (Å²) >= 11 is 0. The topological polar surface area (TPSA) is 37.4 Å². The van der Waals surface area contributed by atoms with Crippen molar-refractivity contribution >= 4 is 12.3 Å². The maximum Gasteiger partial charge on any atom is 0.233 e. The number of nitrogens with zero attached hydrogens (tertiary/aromatic N) is 1. The maximum atomic E-state index is 13.2. The lowest BCUT2D eigenvalue weighted by Crippen LogP contribution is -2.39. The van der Waals surface area contributed by atoms with Crippen molar-refractivity contribution in [3.8, 4) is 0 Å². The molecular weight excluding hydrogens is 310 g/mol. The van der Waals surface area contributed by atoms with Gasteiger partial charge in [0.15, 0.2) is 0 Å². The van der Waals surface area contributed by atoms with Gasteiger partial charge in [0.1, 0.15) is 0 Å². The predicted molar refractivity (Wildman–Crippen MR) is 97.3 cm³/mol. The first-order valence-electron chi connectivity index (χ1n) is 9.40. The summed E-state index contributed by atoms with van der Waals surface area (Å²) < 4.78 is 0. The summed E-state index contributed by atoms with van der Waals surface area (Å²) in [6.07, 6.45) is 10.2. The van der Waals surface area contributed by atoms with E-state index < -0.39 is 0 Å². The Kier molecular flexibility index (Phi) is 4.32. The average Bonchev–Trinajstić information content (AvgIpc) is 3.34. The highest BCUT2D eigenvalue weighted by Gasteiger charge is 2.51. The monoisotopic (exact) mass is 335 g/mol. The van der Waals surface area contributed by atoms with Crippen LogP contribution in [0.2, 0.25) is 0 Å². The minimum Gasteiger partial charge on any atom is -0.280 e. The van der Waals surface area contributed by atoms with Crippen molar-refractivity contribution in [3.63, 3.8) is 0 Å². The number of benzene rings is 1. The molecular formula is C22H25NO2. The Morgan fingerprint density at radius 2 is 1.80 bits per heavy atom. The number of hydrogen-bond acceptors (Lipinski definition) is 2. The lowest BCUT2D eigenvalue weighted by atomic mass is 9.83. The summed E-state index contributed by atoms with van der Waals surface area (Å²) in [6.45, 7) is 2.54. The third kappa shape index (κ3) is 2.76. The van der Waals surface area contributed by atoms with E-state index in [-0.39, 0.29) is 23.7 Å². The molecule has 3 heteroatoms. The van der Waals surface area contributed by atoms with E-state index in [1.807, 2.05) is 30.3 Å². The van der Waals surface area contributed by atoms with E-state index in [4.69, 9.17) is 0 Å². The highest BCUT2D eigenvalue weighted by molar-refractivity contribution is 5.89. The molecule has 1 aromatic rings. The van der Waals surface area contributed by atoms with Crippen molar-refractivity contribution in [2.45, 2.75) is 39.2 Å². The minimum atomic E-state index is -0.0907. The highest BCUT2D eigenvalue weighted by atomic mass is 16.2. The Balaban J connectivity index is 1.58. The molecule has 0 N–H and O–H groups in total. The number of rotatable bonds is 4. The van der Waals surface area contributed by atoms with Crippen LogP contribution in [0, 0.1) is 23.7 Å². The van der Waals surface area contributed by atoms with E-state index >= 15 is 0 Å². The van der Waals surface area contributed by atoms with Crippen LogP contribution < -0.4 is 0 Å². The van der Waals surface area contributed by atoms with Crippen LogP contribution in [-0.4, -0.2) is 17.2 Å². The second-order valence-corrected chi connectivity index (χ2v) is 7.64. The normalized spacial score (nSPS) is 30.1. The number of amides is 2. The van der Waals surface area contributed by atoms with Crippen molar-refractivity contribution in [1.29, 1.82) is 0 Å². The lowest BCUT2D eigenvalue weighted by Gasteiger charge is -2.27. The molecule has 0 radical (unpaired) electrons. The van der Waals surface area contributed by atoms with Gasteiger partial charge in [0, 0.05) is 11.8 Å². The Bertz CT molecular complexity index is 726. The molecule has 0 saturated heterocycles. The minimum absolute atomic E-state index is 0.0145. The first-order valence-corrected chi connectivity index (χ1v) is 9.40. The van der Waals surface area contributed by atoms with Gasteiger partial charge >= 0.3 is 0 Å². The molecule has 0 spiro atoms. The summed E-state index contributed by atoms with van der Waals surface area (Å²) in [7, 11) is 0. The first kappa shape index (κ1) is 16.3. The van der Waals surface area contributed by atoms with Crippen LogP contribution in [0.3, 0.4) is 0 Å². The smallest absolute Gasteiger partial charge is 0.233 e. The zero-order valence-corrected chi connectivity index (χ0v) is 14.7. The highest BCUT2D eigenvalue weighted by Crippen LogP contribution is 2.55. The van der Waals surface area contributed by atoms with Gasteiger partial charge in [-0.25, -0.2) is 0 Å². The summed E-state index contributed by atoms with van der Waals surface area (Å²) in [6, 6.07) is 9.74. The molecule has 0 aromatic heterocycles. The Hall–Kier alpha value is -2.16. The van der Waals surface area contributed by atoms with Gasteiger partial charge in [-0.15, -0.1) is 0 Å². The number of hydrogen-bond donors (Lipinski definition) is 0. The standard InChI is InChI=1S/C22H25NO2/c1-15-18-11-12-19(21(18)17-9-5-6-10-17)20(15)22(25)23(14-24)13-16-7-3-2-4-8-16/h2-4,7-8,11-12,14-15,18-20H,5-6,9-10,13H2,1H3/t15-,18+,19+,20-/m1/s1. The second-order valence-electron chi connectivity index (χ2n) is 7.64. The van der Waals surface area contributed by atoms with Crippen LogP contribution in [-0.2, 0) is 16.1 Å². The van der Waals surface area contributed by atoms with Gasteiger partial charge < -0.3 is 0 Å². The van der Waals surface area contributed by atoms with E-state index in [9.17, 15) is 9.59 Å². The SMILES string of the molecule is C[C@H]1[C@@H](C(=O)N(C=O)Cc2ccccc2)[C@@H]2C=C[C@@H]1C2=C1CCCC1. The Morgan fingerprint density at radius 1 is 1.12 bits per heavy atom. The predicted octanol–water partition coefficient (Wildman–Crippen LogP) is 4.11. The molecule has 2 bridgehead atoms. The summed E-state index contributed by atoms with van der Waals surface area (Å²) in [4.78, 5) is 26.2. The van der Waals surface area contributed by atoms with Gasteiger partial charge in [-0.1, -0.05) is 60.6 Å². The average molecular weight is 335 g/mol. The molecule has 2 saturated carbocycles. The number of carbonyl (C=O) groups is 2. The van der Waals surface area contributed by atoms with E-state index in [1.165, 1.54) is 36.2 Å². The van der Waals surface area contributed by atoms with Crippen LogP contribution in [0.4, 0.5) is 0 Å². The molecule has 4 rings (SSSR count). The van der Waals surface area contributed by atoms with Crippen molar-refractivity contribution < 1.29 is 9.59 Å².